The van der Waals surface area contributed by atoms with E-state index in [9.17, 15) is 9.59 Å². The maximum Gasteiger partial charge on any atom is 0.323 e. The number of benzene rings is 2. The molecule has 0 aromatic heterocycles. The number of rotatable bonds is 4. The van der Waals surface area contributed by atoms with Crippen LogP contribution in [-0.4, -0.2) is 26.2 Å². The van der Waals surface area contributed by atoms with Crippen molar-refractivity contribution in [1.29, 1.82) is 0 Å². The van der Waals surface area contributed by atoms with Crippen LogP contribution in [0.1, 0.15) is 5.56 Å². The molecule has 3 amide bonds. The summed E-state index contributed by atoms with van der Waals surface area (Å²) in [5, 5.41) is 8.21. The Morgan fingerprint density at radius 2 is 1.92 bits per heavy atom. The van der Waals surface area contributed by atoms with Crippen LogP contribution in [0.4, 0.5) is 21.9 Å². The smallest absolute Gasteiger partial charge is 0.323 e. The zero-order chi connectivity index (χ0) is 17.1. The van der Waals surface area contributed by atoms with Gasteiger partial charge >= 0.3 is 6.03 Å². The first-order valence-electron chi connectivity index (χ1n) is 7.32. The highest BCUT2D eigenvalue weighted by Gasteiger charge is 2.18. The van der Waals surface area contributed by atoms with Gasteiger partial charge in [-0.25, -0.2) is 4.79 Å². The summed E-state index contributed by atoms with van der Waals surface area (Å²) in [5.74, 6) is 1.08. The van der Waals surface area contributed by atoms with Gasteiger partial charge in [0.05, 0.1) is 26.3 Å². The molecule has 0 saturated carbocycles. The quantitative estimate of drug-likeness (QED) is 0.805. The third kappa shape index (κ3) is 3.24. The normalized spacial score (nSPS) is 12.2. The monoisotopic (exact) mass is 327 g/mol. The summed E-state index contributed by atoms with van der Waals surface area (Å²) in [6.07, 6.45) is 0.316. The van der Waals surface area contributed by atoms with E-state index in [1.807, 2.05) is 0 Å². The molecule has 1 aliphatic heterocycles. The van der Waals surface area contributed by atoms with Crippen molar-refractivity contribution in [2.45, 2.75) is 6.42 Å². The van der Waals surface area contributed by atoms with E-state index in [-0.39, 0.29) is 5.91 Å². The average Bonchev–Trinajstić information content (AvgIpc) is 2.94. The van der Waals surface area contributed by atoms with E-state index < -0.39 is 6.03 Å². The Bertz CT molecular complexity index is 804. The van der Waals surface area contributed by atoms with Crippen LogP contribution in [0, 0.1) is 0 Å². The summed E-state index contributed by atoms with van der Waals surface area (Å²) in [6.45, 7) is 0. The Hall–Kier alpha value is -3.22. The van der Waals surface area contributed by atoms with Crippen LogP contribution in [0.3, 0.4) is 0 Å². The van der Waals surface area contributed by atoms with Crippen LogP contribution < -0.4 is 25.4 Å². The Morgan fingerprint density at radius 3 is 2.67 bits per heavy atom. The fourth-order valence-electron chi connectivity index (χ4n) is 2.50. The molecular weight excluding hydrogens is 310 g/mol. The van der Waals surface area contributed by atoms with Gasteiger partial charge in [-0.1, -0.05) is 0 Å². The molecule has 1 heterocycles. The van der Waals surface area contributed by atoms with Gasteiger partial charge in [-0.2, -0.15) is 0 Å². The highest BCUT2D eigenvalue weighted by atomic mass is 16.5. The molecule has 0 spiro atoms. The predicted octanol–water partition coefficient (Wildman–Crippen LogP) is 2.84. The second-order valence-corrected chi connectivity index (χ2v) is 5.24. The highest BCUT2D eigenvalue weighted by molar-refractivity contribution is 6.03. The third-order valence-corrected chi connectivity index (χ3v) is 3.64. The fraction of sp³-hybridized carbons (Fsp3) is 0.176. The number of anilines is 3. The zero-order valence-electron chi connectivity index (χ0n) is 13.3. The molecule has 0 bridgehead atoms. The first-order chi connectivity index (χ1) is 11.6. The molecule has 0 atom stereocenters. The maximum absolute atomic E-state index is 12.2. The van der Waals surface area contributed by atoms with Gasteiger partial charge in [0.2, 0.25) is 5.91 Å². The second-order valence-electron chi connectivity index (χ2n) is 5.24. The average molecular weight is 327 g/mol. The van der Waals surface area contributed by atoms with Crippen LogP contribution in [-0.2, 0) is 11.2 Å². The highest BCUT2D eigenvalue weighted by Crippen LogP contribution is 2.29. The van der Waals surface area contributed by atoms with Crippen LogP contribution in [0.2, 0.25) is 0 Å². The lowest BCUT2D eigenvalue weighted by atomic mass is 10.1. The molecule has 2 aromatic rings. The summed E-state index contributed by atoms with van der Waals surface area (Å²) < 4.78 is 10.4. The van der Waals surface area contributed by atoms with E-state index in [0.29, 0.717) is 29.3 Å². The van der Waals surface area contributed by atoms with E-state index >= 15 is 0 Å². The van der Waals surface area contributed by atoms with Crippen LogP contribution in [0.25, 0.3) is 0 Å². The maximum atomic E-state index is 12.2. The third-order valence-electron chi connectivity index (χ3n) is 3.64. The number of carbonyl (C=O) groups excluding carboxylic acids is 2. The summed E-state index contributed by atoms with van der Waals surface area (Å²) in [4.78, 5) is 23.6. The molecule has 0 aliphatic carbocycles. The van der Waals surface area contributed by atoms with Gasteiger partial charge in [-0.15, -0.1) is 0 Å². The molecule has 1 aliphatic rings. The molecular formula is C17H17N3O4. The summed E-state index contributed by atoms with van der Waals surface area (Å²) in [7, 11) is 3.07. The van der Waals surface area contributed by atoms with E-state index in [1.165, 1.54) is 7.11 Å². The van der Waals surface area contributed by atoms with Crippen LogP contribution in [0.15, 0.2) is 36.4 Å². The number of ether oxygens (including phenoxy) is 2. The van der Waals surface area contributed by atoms with Crippen molar-refractivity contribution < 1.29 is 19.1 Å². The molecule has 3 rings (SSSR count). The van der Waals surface area contributed by atoms with E-state index in [2.05, 4.69) is 16.0 Å². The molecule has 0 unspecified atom stereocenters. The van der Waals surface area contributed by atoms with Crippen molar-refractivity contribution in [2.24, 2.45) is 0 Å². The molecule has 2 aromatic carbocycles. The lowest BCUT2D eigenvalue weighted by molar-refractivity contribution is -0.115. The zero-order valence-corrected chi connectivity index (χ0v) is 13.3. The molecule has 0 fully saturated rings. The lowest BCUT2D eigenvalue weighted by Gasteiger charge is -2.13. The number of hydrogen-bond donors (Lipinski definition) is 3. The van der Waals surface area contributed by atoms with Gasteiger partial charge in [-0.3, -0.25) is 4.79 Å². The van der Waals surface area contributed by atoms with E-state index in [1.54, 1.807) is 43.5 Å². The Balaban J connectivity index is 1.72. The van der Waals surface area contributed by atoms with Crippen molar-refractivity contribution in [3.63, 3.8) is 0 Å². The van der Waals surface area contributed by atoms with Crippen molar-refractivity contribution in [3.05, 3.63) is 42.0 Å². The molecule has 7 nitrogen and oxygen atoms in total. The van der Waals surface area contributed by atoms with E-state index in [0.717, 1.165) is 11.3 Å². The largest absolute Gasteiger partial charge is 0.497 e. The summed E-state index contributed by atoms with van der Waals surface area (Å²) in [5.41, 5.74) is 2.73. The summed E-state index contributed by atoms with van der Waals surface area (Å²) >= 11 is 0. The van der Waals surface area contributed by atoms with Crippen molar-refractivity contribution in [2.75, 3.05) is 30.2 Å². The number of fused-ring (bicyclic) bond motifs is 1. The topological polar surface area (TPSA) is 88.7 Å². The first kappa shape index (κ1) is 15.7. The number of amides is 3. The number of carbonyl (C=O) groups is 2. The van der Waals surface area contributed by atoms with Gasteiger partial charge in [0.15, 0.2) is 0 Å². The van der Waals surface area contributed by atoms with Crippen molar-refractivity contribution >= 4 is 29.0 Å². The molecule has 124 valence electrons. The number of methoxy groups -OCH3 is 2. The SMILES string of the molecule is COc1ccc(OC)c(NC(=O)Nc2ccc3c(c2)CC(=O)N3)c1. The molecule has 0 saturated heterocycles. The van der Waals surface area contributed by atoms with E-state index in [4.69, 9.17) is 9.47 Å². The minimum Gasteiger partial charge on any atom is -0.497 e. The molecule has 7 heteroatoms. The number of hydrogen-bond acceptors (Lipinski definition) is 4. The minimum atomic E-state index is -0.418. The minimum absolute atomic E-state index is 0.0484. The number of urea groups is 1. The molecule has 0 radical (unpaired) electrons. The summed E-state index contributed by atoms with van der Waals surface area (Å²) in [6, 6.07) is 9.97. The lowest BCUT2D eigenvalue weighted by Crippen LogP contribution is -2.19. The standard InChI is InChI=1S/C17H17N3O4/c1-23-12-4-6-15(24-2)14(9-12)20-17(22)18-11-3-5-13-10(7-11)8-16(21)19-13/h3-7,9H,8H2,1-2H3,(H,19,21)(H2,18,20,22). The Kier molecular flexibility index (Phi) is 4.24. The van der Waals surface area contributed by atoms with Crippen LogP contribution >= 0.6 is 0 Å². The fourth-order valence-corrected chi connectivity index (χ4v) is 2.50. The Labute approximate surface area is 139 Å². The Morgan fingerprint density at radius 1 is 1.08 bits per heavy atom. The first-order valence-corrected chi connectivity index (χ1v) is 7.32. The van der Waals surface area contributed by atoms with Gasteiger partial charge in [0, 0.05) is 17.4 Å². The van der Waals surface area contributed by atoms with Gasteiger partial charge in [-0.05, 0) is 35.9 Å². The molecule has 24 heavy (non-hydrogen) atoms. The van der Waals surface area contributed by atoms with Crippen LogP contribution in [0.5, 0.6) is 11.5 Å². The second kappa shape index (κ2) is 6.49. The molecule has 3 N–H and O–H groups in total. The number of nitrogens with one attached hydrogen (secondary N) is 3. The van der Waals surface area contributed by atoms with Crippen molar-refractivity contribution in [3.8, 4) is 11.5 Å². The van der Waals surface area contributed by atoms with Gasteiger partial charge in [0.1, 0.15) is 11.5 Å². The van der Waals surface area contributed by atoms with Crippen molar-refractivity contribution in [1.82, 2.24) is 0 Å². The van der Waals surface area contributed by atoms with Gasteiger partial charge in [0.25, 0.3) is 0 Å². The predicted molar refractivity (Wildman–Crippen MR) is 91.0 cm³/mol. The van der Waals surface area contributed by atoms with Gasteiger partial charge < -0.3 is 25.4 Å².